The summed E-state index contributed by atoms with van der Waals surface area (Å²) in [6.07, 6.45) is 1.53. The van der Waals surface area contributed by atoms with Crippen molar-refractivity contribution in [3.63, 3.8) is 0 Å². The van der Waals surface area contributed by atoms with E-state index in [0.717, 1.165) is 10.2 Å². The quantitative estimate of drug-likeness (QED) is 0.209. The summed E-state index contributed by atoms with van der Waals surface area (Å²) in [5, 5.41) is 10.7. The smallest absolute Gasteiger partial charge is 0.0427 e. The van der Waals surface area contributed by atoms with Crippen LogP contribution in [0.25, 0.3) is 0 Å². The summed E-state index contributed by atoms with van der Waals surface area (Å²) in [5.41, 5.74) is 0.495. The van der Waals surface area contributed by atoms with Gasteiger partial charge < -0.3 is 5.21 Å². The van der Waals surface area contributed by atoms with E-state index in [4.69, 9.17) is 5.21 Å². The molecule has 0 rings (SSSR count). The van der Waals surface area contributed by atoms with Crippen molar-refractivity contribution in [3.8, 4) is 0 Å². The number of rotatable bonds is 1. The van der Waals surface area contributed by atoms with Crippen molar-refractivity contribution < 1.29 is 5.21 Å². The van der Waals surface area contributed by atoms with Gasteiger partial charge in [0.2, 0.25) is 0 Å². The Morgan fingerprint density at radius 1 is 2.00 bits per heavy atom. The second-order valence-corrected chi connectivity index (χ2v) is 3.33. The van der Waals surface area contributed by atoms with Gasteiger partial charge in [0.1, 0.15) is 0 Å². The molecule has 0 amide bonds. The Morgan fingerprint density at radius 2 is 2.50 bits per heavy atom. The predicted molar refractivity (Wildman–Crippen MR) is 29.6 cm³/mol. The molecular weight excluding hydrogens is 94.1 g/mol. The first-order chi connectivity index (χ1) is 2.77. The first-order valence-electron chi connectivity index (χ1n) is 1.95. The molecule has 2 nitrogen and oxygen atoms in total. The number of nitrogens with zero attached hydrogens (tertiary/aromatic N) is 1. The molecule has 0 aromatic heterocycles. The van der Waals surface area contributed by atoms with Gasteiger partial charge in [-0.25, -0.2) is 0 Å². The van der Waals surface area contributed by atoms with Crippen molar-refractivity contribution in [2.45, 2.75) is 12.5 Å². The van der Waals surface area contributed by atoms with E-state index in [9.17, 15) is 0 Å². The van der Waals surface area contributed by atoms with Crippen molar-refractivity contribution >= 4 is 16.5 Å². The molecule has 0 spiro atoms. The van der Waals surface area contributed by atoms with Gasteiger partial charge in [-0.3, -0.25) is 0 Å². The molecule has 0 bridgehead atoms. The lowest BCUT2D eigenvalue weighted by atomic mass is 10.5. The van der Waals surface area contributed by atoms with Crippen molar-refractivity contribution in [3.05, 3.63) is 0 Å². The molecular formula is C3H9NOSi. The van der Waals surface area contributed by atoms with Crippen LogP contribution in [0.2, 0.25) is 5.54 Å². The van der Waals surface area contributed by atoms with E-state index in [0.29, 0.717) is 5.54 Å². The summed E-state index contributed by atoms with van der Waals surface area (Å²) in [7, 11) is 1.07. The molecule has 0 radical (unpaired) electrons. The Balaban J connectivity index is 3.03. The molecule has 36 valence electrons. The summed E-state index contributed by atoms with van der Waals surface area (Å²) in [5.74, 6) is 0. The Kier molecular flexibility index (Phi) is 2.75. The van der Waals surface area contributed by atoms with Crippen LogP contribution in [0.1, 0.15) is 6.92 Å². The molecule has 0 aromatic rings. The average Bonchev–Trinajstić information content (AvgIpc) is 1.35. The molecule has 0 aliphatic carbocycles. The second-order valence-electron chi connectivity index (χ2n) is 1.51. The number of oxime groups is 1. The molecule has 3 heteroatoms. The molecule has 0 aliphatic rings. The van der Waals surface area contributed by atoms with Gasteiger partial charge in [-0.2, -0.15) is 0 Å². The summed E-state index contributed by atoms with van der Waals surface area (Å²) in [6, 6.07) is 0. The van der Waals surface area contributed by atoms with E-state index in [1.54, 1.807) is 0 Å². The highest BCUT2D eigenvalue weighted by Crippen LogP contribution is 1.84. The number of hydrogen-bond acceptors (Lipinski definition) is 2. The lowest BCUT2D eigenvalue weighted by molar-refractivity contribution is 0.320. The SMILES string of the molecule is CC([SiH3])C=NO. The van der Waals surface area contributed by atoms with Gasteiger partial charge in [0.15, 0.2) is 0 Å². The van der Waals surface area contributed by atoms with Gasteiger partial charge in [-0.1, -0.05) is 6.92 Å². The van der Waals surface area contributed by atoms with Gasteiger partial charge in [0.05, 0.1) is 0 Å². The van der Waals surface area contributed by atoms with Crippen LogP contribution in [0.4, 0.5) is 0 Å². The highest BCUT2D eigenvalue weighted by Gasteiger charge is 1.80. The highest BCUT2D eigenvalue weighted by atomic mass is 28.1. The fraction of sp³-hybridized carbons (Fsp3) is 0.667. The fourth-order valence-electron chi connectivity index (χ4n) is 0.133. The van der Waals surface area contributed by atoms with E-state index in [2.05, 4.69) is 5.16 Å². The molecule has 0 aromatic carbocycles. The second kappa shape index (κ2) is 2.90. The Labute approximate surface area is 40.3 Å². The summed E-state index contributed by atoms with van der Waals surface area (Å²) < 4.78 is 0. The van der Waals surface area contributed by atoms with E-state index >= 15 is 0 Å². The third-order valence-corrected chi connectivity index (χ3v) is 0.663. The van der Waals surface area contributed by atoms with Crippen molar-refractivity contribution in [1.29, 1.82) is 0 Å². The van der Waals surface area contributed by atoms with E-state index in [1.807, 2.05) is 6.92 Å². The van der Waals surface area contributed by atoms with Gasteiger partial charge in [0.25, 0.3) is 0 Å². The molecule has 0 fully saturated rings. The van der Waals surface area contributed by atoms with E-state index in [-0.39, 0.29) is 0 Å². The van der Waals surface area contributed by atoms with Gasteiger partial charge >= 0.3 is 0 Å². The summed E-state index contributed by atoms with van der Waals surface area (Å²) >= 11 is 0. The minimum Gasteiger partial charge on any atom is -0.411 e. The van der Waals surface area contributed by atoms with Crippen molar-refractivity contribution in [2.75, 3.05) is 0 Å². The van der Waals surface area contributed by atoms with Crippen LogP contribution in [0, 0.1) is 0 Å². The monoisotopic (exact) mass is 103 g/mol. The van der Waals surface area contributed by atoms with Crippen molar-refractivity contribution in [1.82, 2.24) is 0 Å². The Morgan fingerprint density at radius 3 is 2.50 bits per heavy atom. The molecule has 0 saturated heterocycles. The molecule has 0 saturated carbocycles. The highest BCUT2D eigenvalue weighted by molar-refractivity contribution is 6.19. The van der Waals surface area contributed by atoms with Gasteiger partial charge in [-0.15, -0.1) is 5.16 Å². The standard InChI is InChI=1S/C3H9NOSi/c1-3(6)2-4-5/h2-3,5H,1,6H3. The Hall–Kier alpha value is -0.313. The molecule has 1 N–H and O–H groups in total. The predicted octanol–water partition coefficient (Wildman–Crippen LogP) is -0.380. The summed E-state index contributed by atoms with van der Waals surface area (Å²) in [6.45, 7) is 2.01. The molecule has 0 heterocycles. The van der Waals surface area contributed by atoms with Crippen LogP contribution in [-0.4, -0.2) is 21.7 Å². The maximum Gasteiger partial charge on any atom is 0.0427 e. The van der Waals surface area contributed by atoms with E-state index < -0.39 is 0 Å². The first-order valence-corrected chi connectivity index (χ1v) is 3.10. The molecule has 0 aliphatic heterocycles. The topological polar surface area (TPSA) is 32.6 Å². The van der Waals surface area contributed by atoms with Crippen LogP contribution in [0.5, 0.6) is 0 Å². The zero-order chi connectivity index (χ0) is 4.99. The normalized spacial score (nSPS) is 16.2. The zero-order valence-corrected chi connectivity index (χ0v) is 6.05. The van der Waals surface area contributed by atoms with Gasteiger partial charge in [-0.05, 0) is 5.54 Å². The van der Waals surface area contributed by atoms with Crippen LogP contribution in [0.3, 0.4) is 0 Å². The number of hydrogen-bond donors (Lipinski definition) is 1. The van der Waals surface area contributed by atoms with Crippen LogP contribution in [0.15, 0.2) is 5.16 Å². The average molecular weight is 103 g/mol. The summed E-state index contributed by atoms with van der Waals surface area (Å²) in [4.78, 5) is 0. The Bertz CT molecular complexity index is 52.8. The van der Waals surface area contributed by atoms with E-state index in [1.165, 1.54) is 6.21 Å². The molecule has 6 heavy (non-hydrogen) atoms. The van der Waals surface area contributed by atoms with Crippen molar-refractivity contribution in [2.24, 2.45) is 5.16 Å². The third-order valence-electron chi connectivity index (χ3n) is 0.365. The van der Waals surface area contributed by atoms with Gasteiger partial charge in [0, 0.05) is 16.5 Å². The molecule has 1 atom stereocenters. The lowest BCUT2D eigenvalue weighted by Gasteiger charge is -1.84. The van der Waals surface area contributed by atoms with Crippen LogP contribution >= 0.6 is 0 Å². The fourth-order valence-corrected chi connectivity index (χ4v) is 0.267. The molecule has 1 unspecified atom stereocenters. The maximum absolute atomic E-state index is 7.83. The lowest BCUT2D eigenvalue weighted by Crippen LogP contribution is -1.83. The maximum atomic E-state index is 7.83. The minimum atomic E-state index is 0.495. The van der Waals surface area contributed by atoms with Crippen LogP contribution < -0.4 is 0 Å². The largest absolute Gasteiger partial charge is 0.411 e. The van der Waals surface area contributed by atoms with Crippen LogP contribution in [-0.2, 0) is 0 Å². The third kappa shape index (κ3) is 3.69. The first kappa shape index (κ1) is 5.69. The minimum absolute atomic E-state index is 0.495. The zero-order valence-electron chi connectivity index (χ0n) is 4.05.